The molecular weight excluding hydrogens is 485 g/mol. The molecule has 1 aliphatic rings. The maximum absolute atomic E-state index is 13.4. The number of nitrogens with one attached hydrogen (secondary N) is 1. The summed E-state index contributed by atoms with van der Waals surface area (Å²) < 4.78 is 24.7. The van der Waals surface area contributed by atoms with Gasteiger partial charge in [-0.15, -0.1) is 0 Å². The topological polar surface area (TPSA) is 92.1 Å². The maximum atomic E-state index is 13.4. The first-order chi connectivity index (χ1) is 17.5. The molecule has 0 saturated carbocycles. The highest BCUT2D eigenvalue weighted by atomic mass is 35.5. The Labute approximate surface area is 212 Å². The van der Waals surface area contributed by atoms with Gasteiger partial charge in [0.1, 0.15) is 36.4 Å². The molecule has 0 bridgehead atoms. The van der Waals surface area contributed by atoms with Crippen LogP contribution >= 0.6 is 11.6 Å². The van der Waals surface area contributed by atoms with Crippen LogP contribution in [0, 0.1) is 5.82 Å². The van der Waals surface area contributed by atoms with Crippen molar-refractivity contribution in [3.8, 4) is 5.75 Å². The SMILES string of the molecule is CN1CC(CO)O/C1=N\c1ccc2ncnc(Nc3ccc(COc4cccc(F)c4)c(Cl)c3)c2c1. The van der Waals surface area contributed by atoms with Crippen LogP contribution in [0.4, 0.5) is 21.6 Å². The molecule has 184 valence electrons. The highest BCUT2D eigenvalue weighted by molar-refractivity contribution is 6.31. The molecule has 5 rings (SSSR count). The van der Waals surface area contributed by atoms with Gasteiger partial charge in [-0.3, -0.25) is 0 Å². The van der Waals surface area contributed by atoms with Crippen LogP contribution in [0.1, 0.15) is 5.56 Å². The molecule has 10 heteroatoms. The Balaban J connectivity index is 1.35. The Morgan fingerprint density at radius 3 is 2.86 bits per heavy atom. The third-order valence-electron chi connectivity index (χ3n) is 5.63. The van der Waals surface area contributed by atoms with Gasteiger partial charge >= 0.3 is 0 Å². The van der Waals surface area contributed by atoms with Gasteiger partial charge in [0.25, 0.3) is 6.02 Å². The first-order valence-electron chi connectivity index (χ1n) is 11.2. The molecule has 8 nitrogen and oxygen atoms in total. The summed E-state index contributed by atoms with van der Waals surface area (Å²) in [5.41, 5.74) is 2.91. The highest BCUT2D eigenvalue weighted by Gasteiger charge is 2.26. The summed E-state index contributed by atoms with van der Waals surface area (Å²) in [5, 5.41) is 13.9. The van der Waals surface area contributed by atoms with Crippen LogP contribution in [0.15, 0.2) is 72.0 Å². The lowest BCUT2D eigenvalue weighted by atomic mass is 10.2. The summed E-state index contributed by atoms with van der Waals surface area (Å²) in [6, 6.07) is 17.5. The fourth-order valence-electron chi connectivity index (χ4n) is 3.79. The van der Waals surface area contributed by atoms with Crippen LogP contribution in [0.2, 0.25) is 5.02 Å². The normalized spacial score (nSPS) is 16.4. The molecule has 1 aromatic heterocycles. The molecule has 1 aliphatic heterocycles. The number of aliphatic hydroxyl groups excluding tert-OH is 1. The van der Waals surface area contributed by atoms with Crippen molar-refractivity contribution in [1.82, 2.24) is 14.9 Å². The standard InChI is InChI=1S/C26H23ClFN5O3/c1-33-12-21(13-34)36-26(33)32-18-7-8-24-22(10-18)25(30-15-29-24)31-19-6-5-16(23(27)11-19)14-35-20-4-2-3-17(28)9-20/h2-11,15,21,34H,12-14H2,1H3,(H,29,30,31)/b32-26-. The molecule has 4 aromatic rings. The van der Waals surface area contributed by atoms with Gasteiger partial charge in [-0.2, -0.15) is 4.99 Å². The Morgan fingerprint density at radius 1 is 1.19 bits per heavy atom. The number of aliphatic imine (C=N–C) groups is 1. The van der Waals surface area contributed by atoms with Crippen molar-refractivity contribution in [3.63, 3.8) is 0 Å². The number of benzene rings is 3. The lowest BCUT2D eigenvalue weighted by Crippen LogP contribution is -2.21. The molecule has 1 saturated heterocycles. The van der Waals surface area contributed by atoms with Gasteiger partial charge < -0.3 is 24.8 Å². The minimum Gasteiger partial charge on any atom is -0.489 e. The highest BCUT2D eigenvalue weighted by Crippen LogP contribution is 2.30. The van der Waals surface area contributed by atoms with Crippen LogP contribution in [-0.4, -0.2) is 52.3 Å². The molecule has 3 aromatic carbocycles. The van der Waals surface area contributed by atoms with Crippen molar-refractivity contribution in [1.29, 1.82) is 0 Å². The molecule has 2 N–H and O–H groups in total. The zero-order chi connectivity index (χ0) is 25.1. The molecule has 1 atom stereocenters. The predicted octanol–water partition coefficient (Wildman–Crippen LogP) is 5.06. The van der Waals surface area contributed by atoms with Crippen LogP contribution in [0.25, 0.3) is 10.9 Å². The van der Waals surface area contributed by atoms with Crippen molar-refractivity contribution in [2.24, 2.45) is 4.99 Å². The molecule has 2 heterocycles. The number of ether oxygens (including phenoxy) is 2. The van der Waals surface area contributed by atoms with E-state index in [1.807, 2.05) is 42.3 Å². The van der Waals surface area contributed by atoms with E-state index in [-0.39, 0.29) is 25.1 Å². The average Bonchev–Trinajstić information content (AvgIpc) is 3.23. The van der Waals surface area contributed by atoms with Gasteiger partial charge in [0.05, 0.1) is 24.4 Å². The maximum Gasteiger partial charge on any atom is 0.292 e. The van der Waals surface area contributed by atoms with E-state index in [2.05, 4.69) is 20.3 Å². The Hall–Kier alpha value is -3.95. The quantitative estimate of drug-likeness (QED) is 0.361. The number of aliphatic hydroxyl groups is 1. The molecule has 0 radical (unpaired) electrons. The fourth-order valence-corrected chi connectivity index (χ4v) is 4.02. The lowest BCUT2D eigenvalue weighted by molar-refractivity contribution is 0.132. The Morgan fingerprint density at radius 2 is 2.08 bits per heavy atom. The number of halogens is 2. The van der Waals surface area contributed by atoms with Crippen LogP contribution in [0.5, 0.6) is 5.75 Å². The van der Waals surface area contributed by atoms with E-state index in [0.717, 1.165) is 22.2 Å². The molecule has 36 heavy (non-hydrogen) atoms. The van der Waals surface area contributed by atoms with E-state index in [4.69, 9.17) is 21.1 Å². The summed E-state index contributed by atoms with van der Waals surface area (Å²) in [6.45, 7) is 0.709. The van der Waals surface area contributed by atoms with Gasteiger partial charge in [0, 0.05) is 34.8 Å². The number of anilines is 2. The van der Waals surface area contributed by atoms with E-state index >= 15 is 0 Å². The number of hydrogen-bond acceptors (Lipinski definition) is 7. The van der Waals surface area contributed by atoms with Gasteiger partial charge in [-0.05, 0) is 42.5 Å². The fraction of sp³-hybridized carbons (Fsp3) is 0.192. The number of aromatic nitrogens is 2. The van der Waals surface area contributed by atoms with Crippen molar-refractivity contribution < 1.29 is 19.0 Å². The van der Waals surface area contributed by atoms with Crippen molar-refractivity contribution >= 4 is 45.7 Å². The second-order valence-electron chi connectivity index (χ2n) is 8.30. The van der Waals surface area contributed by atoms with E-state index in [1.54, 1.807) is 18.2 Å². The predicted molar refractivity (Wildman–Crippen MR) is 137 cm³/mol. The first-order valence-corrected chi connectivity index (χ1v) is 11.6. The summed E-state index contributed by atoms with van der Waals surface area (Å²) in [6.07, 6.45) is 1.19. The third kappa shape index (κ3) is 5.32. The van der Waals surface area contributed by atoms with Crippen LogP contribution < -0.4 is 10.1 Å². The van der Waals surface area contributed by atoms with Gasteiger partial charge in [-0.1, -0.05) is 23.7 Å². The monoisotopic (exact) mass is 507 g/mol. The van der Waals surface area contributed by atoms with E-state index < -0.39 is 0 Å². The molecule has 0 aliphatic carbocycles. The van der Waals surface area contributed by atoms with E-state index in [1.165, 1.54) is 18.5 Å². The second kappa shape index (κ2) is 10.3. The van der Waals surface area contributed by atoms with Gasteiger partial charge in [0.15, 0.2) is 0 Å². The van der Waals surface area contributed by atoms with Crippen LogP contribution in [-0.2, 0) is 11.3 Å². The van der Waals surface area contributed by atoms with E-state index in [9.17, 15) is 9.50 Å². The number of hydrogen-bond donors (Lipinski definition) is 2. The largest absolute Gasteiger partial charge is 0.489 e. The summed E-state index contributed by atoms with van der Waals surface area (Å²) in [4.78, 5) is 15.2. The number of rotatable bonds is 7. The van der Waals surface area contributed by atoms with E-state index in [0.29, 0.717) is 34.8 Å². The van der Waals surface area contributed by atoms with Crippen molar-refractivity contribution in [2.75, 3.05) is 25.5 Å². The first kappa shape index (κ1) is 23.8. The summed E-state index contributed by atoms with van der Waals surface area (Å²) in [7, 11) is 1.86. The lowest BCUT2D eigenvalue weighted by Gasteiger charge is -2.12. The van der Waals surface area contributed by atoms with Crippen LogP contribution in [0.3, 0.4) is 0 Å². The molecule has 0 amide bonds. The van der Waals surface area contributed by atoms with Crippen molar-refractivity contribution in [3.05, 3.63) is 83.4 Å². The number of likely N-dealkylation sites (N-methyl/N-ethyl adjacent to an activating group) is 1. The van der Waals surface area contributed by atoms with Gasteiger partial charge in [0.2, 0.25) is 0 Å². The molecule has 1 fully saturated rings. The summed E-state index contributed by atoms with van der Waals surface area (Å²) in [5.74, 6) is 0.666. The summed E-state index contributed by atoms with van der Waals surface area (Å²) >= 11 is 6.49. The molecule has 1 unspecified atom stereocenters. The minimum absolute atomic E-state index is 0.0682. The number of nitrogens with zero attached hydrogens (tertiary/aromatic N) is 4. The van der Waals surface area contributed by atoms with Crippen molar-refractivity contribution in [2.45, 2.75) is 12.7 Å². The zero-order valence-corrected chi connectivity index (χ0v) is 20.1. The number of fused-ring (bicyclic) bond motifs is 1. The molecular formula is C26H23ClFN5O3. The zero-order valence-electron chi connectivity index (χ0n) is 19.4. The average molecular weight is 508 g/mol. The second-order valence-corrected chi connectivity index (χ2v) is 8.71. The minimum atomic E-state index is -0.359. The Bertz CT molecular complexity index is 1430. The number of amidine groups is 1. The Kier molecular flexibility index (Phi) is 6.84. The smallest absolute Gasteiger partial charge is 0.292 e. The molecule has 0 spiro atoms. The van der Waals surface area contributed by atoms with Gasteiger partial charge in [-0.25, -0.2) is 14.4 Å². The third-order valence-corrected chi connectivity index (χ3v) is 5.98.